The van der Waals surface area contributed by atoms with E-state index in [2.05, 4.69) is 34.2 Å². The van der Waals surface area contributed by atoms with Crippen LogP contribution < -0.4 is 15.6 Å². The SMILES string of the molecule is CCN(CC)CCOc1ccc(N/C=C(\N=N)c2cc3cc(F)c(C)cc3[nH]c2=O)cc1. The number of fused-ring (bicyclic) bond motifs is 1. The molecule has 8 heteroatoms. The van der Waals surface area contributed by atoms with Gasteiger partial charge in [0.25, 0.3) is 5.56 Å². The van der Waals surface area contributed by atoms with Gasteiger partial charge in [-0.15, -0.1) is 0 Å². The average molecular weight is 438 g/mol. The zero-order valence-corrected chi connectivity index (χ0v) is 18.5. The number of nitrogens with one attached hydrogen (secondary N) is 3. The first kappa shape index (κ1) is 23.1. The Labute approximate surface area is 186 Å². The van der Waals surface area contributed by atoms with Gasteiger partial charge < -0.3 is 19.9 Å². The Kier molecular flexibility index (Phi) is 7.72. The van der Waals surface area contributed by atoms with Crippen molar-refractivity contribution in [1.29, 1.82) is 5.53 Å². The molecule has 0 aliphatic rings. The molecular weight excluding hydrogens is 409 g/mol. The Bertz CT molecular complexity index is 1170. The van der Waals surface area contributed by atoms with E-state index in [1.807, 2.05) is 24.3 Å². The van der Waals surface area contributed by atoms with E-state index in [1.165, 1.54) is 18.3 Å². The Hall–Kier alpha value is -3.52. The van der Waals surface area contributed by atoms with Gasteiger partial charge in [0.2, 0.25) is 0 Å². The van der Waals surface area contributed by atoms with Crippen LogP contribution in [0.5, 0.6) is 5.75 Å². The van der Waals surface area contributed by atoms with Gasteiger partial charge in [0, 0.05) is 29.3 Å². The van der Waals surface area contributed by atoms with Gasteiger partial charge in [-0.25, -0.2) is 9.92 Å². The molecule has 0 amide bonds. The fraction of sp³-hybridized carbons (Fsp3) is 0.292. The zero-order valence-electron chi connectivity index (χ0n) is 18.5. The first-order valence-electron chi connectivity index (χ1n) is 10.6. The molecule has 32 heavy (non-hydrogen) atoms. The number of hydrogen-bond donors (Lipinski definition) is 3. The summed E-state index contributed by atoms with van der Waals surface area (Å²) in [5.41, 5.74) is 9.13. The minimum atomic E-state index is -0.399. The number of nitrogens with zero attached hydrogens (tertiary/aromatic N) is 2. The van der Waals surface area contributed by atoms with Crippen molar-refractivity contribution in [3.05, 3.63) is 76.0 Å². The van der Waals surface area contributed by atoms with Crippen molar-refractivity contribution in [3.8, 4) is 5.75 Å². The number of likely N-dealkylation sites (N-methyl/N-ethyl adjacent to an activating group) is 1. The number of hydrogen-bond acceptors (Lipinski definition) is 6. The molecule has 0 spiro atoms. The molecule has 1 heterocycles. The van der Waals surface area contributed by atoms with Gasteiger partial charge in [0.15, 0.2) is 0 Å². The number of pyridine rings is 1. The molecule has 1 aromatic heterocycles. The van der Waals surface area contributed by atoms with Crippen molar-refractivity contribution in [1.82, 2.24) is 9.88 Å². The maximum atomic E-state index is 13.9. The molecule has 0 aliphatic carbocycles. The van der Waals surface area contributed by atoms with E-state index in [-0.39, 0.29) is 17.1 Å². The molecule has 0 saturated carbocycles. The molecule has 0 unspecified atom stereocenters. The third kappa shape index (κ3) is 5.59. The molecule has 168 valence electrons. The summed E-state index contributed by atoms with van der Waals surface area (Å²) in [5, 5.41) is 7.05. The maximum Gasteiger partial charge on any atom is 0.258 e. The van der Waals surface area contributed by atoms with Crippen LogP contribution in [0.25, 0.3) is 16.6 Å². The molecule has 0 radical (unpaired) electrons. The van der Waals surface area contributed by atoms with Crippen LogP contribution in [-0.4, -0.2) is 36.1 Å². The van der Waals surface area contributed by atoms with Crippen LogP contribution in [-0.2, 0) is 0 Å². The van der Waals surface area contributed by atoms with Crippen LogP contribution in [0.1, 0.15) is 25.0 Å². The molecule has 0 aliphatic heterocycles. The normalized spacial score (nSPS) is 11.7. The molecular formula is C24H28FN5O2. The second-order valence-corrected chi connectivity index (χ2v) is 7.39. The van der Waals surface area contributed by atoms with Crippen molar-refractivity contribution < 1.29 is 9.13 Å². The van der Waals surface area contributed by atoms with E-state index < -0.39 is 5.56 Å². The van der Waals surface area contributed by atoms with E-state index in [9.17, 15) is 9.18 Å². The molecule has 3 rings (SSSR count). The minimum absolute atomic E-state index is 0.133. The summed E-state index contributed by atoms with van der Waals surface area (Å²) < 4.78 is 19.7. The van der Waals surface area contributed by atoms with Crippen LogP contribution in [0.2, 0.25) is 0 Å². The van der Waals surface area contributed by atoms with E-state index in [1.54, 1.807) is 13.0 Å². The summed E-state index contributed by atoms with van der Waals surface area (Å²) in [5.74, 6) is 0.404. The predicted molar refractivity (Wildman–Crippen MR) is 126 cm³/mol. The molecule has 0 fully saturated rings. The lowest BCUT2D eigenvalue weighted by molar-refractivity contribution is 0.223. The Morgan fingerprint density at radius 2 is 1.94 bits per heavy atom. The highest BCUT2D eigenvalue weighted by Gasteiger charge is 2.10. The van der Waals surface area contributed by atoms with Crippen molar-refractivity contribution in [2.45, 2.75) is 20.8 Å². The van der Waals surface area contributed by atoms with Crippen LogP contribution in [0.4, 0.5) is 10.1 Å². The predicted octanol–water partition coefficient (Wildman–Crippen LogP) is 5.14. The quantitative estimate of drug-likeness (QED) is 0.383. The largest absolute Gasteiger partial charge is 0.492 e. The molecule has 3 aromatic rings. The third-order valence-corrected chi connectivity index (χ3v) is 5.32. The van der Waals surface area contributed by atoms with Crippen LogP contribution in [0.3, 0.4) is 0 Å². The van der Waals surface area contributed by atoms with Gasteiger partial charge in [-0.1, -0.05) is 13.8 Å². The smallest absolute Gasteiger partial charge is 0.258 e. The summed E-state index contributed by atoms with van der Waals surface area (Å²) in [6.07, 6.45) is 1.48. The Morgan fingerprint density at radius 1 is 1.22 bits per heavy atom. The number of halogens is 1. The average Bonchev–Trinajstić information content (AvgIpc) is 2.79. The number of aryl methyl sites for hydroxylation is 1. The second kappa shape index (κ2) is 10.7. The second-order valence-electron chi connectivity index (χ2n) is 7.39. The maximum absolute atomic E-state index is 13.9. The fourth-order valence-electron chi connectivity index (χ4n) is 3.33. The topological polar surface area (TPSA) is 93.6 Å². The lowest BCUT2D eigenvalue weighted by Gasteiger charge is -2.18. The van der Waals surface area contributed by atoms with E-state index in [4.69, 9.17) is 10.3 Å². The van der Waals surface area contributed by atoms with Crippen LogP contribution in [0, 0.1) is 18.3 Å². The molecule has 2 aromatic carbocycles. The summed E-state index contributed by atoms with van der Waals surface area (Å²) >= 11 is 0. The minimum Gasteiger partial charge on any atom is -0.492 e. The summed E-state index contributed by atoms with van der Waals surface area (Å²) in [6.45, 7) is 9.35. The Morgan fingerprint density at radius 3 is 2.59 bits per heavy atom. The Balaban J connectivity index is 1.72. The van der Waals surface area contributed by atoms with E-state index in [0.29, 0.717) is 23.1 Å². The lowest BCUT2D eigenvalue weighted by Crippen LogP contribution is -2.27. The number of aromatic amines is 1. The van der Waals surface area contributed by atoms with Gasteiger partial charge in [0.1, 0.15) is 23.9 Å². The van der Waals surface area contributed by atoms with E-state index in [0.717, 1.165) is 31.1 Å². The first-order valence-corrected chi connectivity index (χ1v) is 10.6. The summed E-state index contributed by atoms with van der Waals surface area (Å²) in [7, 11) is 0. The van der Waals surface area contributed by atoms with Gasteiger partial charge in [-0.05, 0) is 68.0 Å². The van der Waals surface area contributed by atoms with Crippen molar-refractivity contribution >= 4 is 22.3 Å². The summed E-state index contributed by atoms with van der Waals surface area (Å²) in [6, 6.07) is 11.9. The number of rotatable bonds is 10. The number of anilines is 1. The van der Waals surface area contributed by atoms with Crippen LogP contribution >= 0.6 is 0 Å². The highest BCUT2D eigenvalue weighted by atomic mass is 19.1. The van der Waals surface area contributed by atoms with Gasteiger partial charge in [-0.3, -0.25) is 4.79 Å². The molecule has 0 bridgehead atoms. The number of benzene rings is 2. The monoisotopic (exact) mass is 437 g/mol. The molecule has 0 atom stereocenters. The standard InChI is InChI=1S/C24H28FN5O2/c1-4-30(5-2)10-11-32-19-8-6-18(7-9-19)27-15-23(29-26)20-13-17-14-21(25)16(3)12-22(17)28-24(20)31/h6-9,12-15,26-27H,4-5,10-11H2,1-3H3,(H,28,31)/b23-15-,29-26?. The fourth-order valence-corrected chi connectivity index (χ4v) is 3.33. The third-order valence-electron chi connectivity index (χ3n) is 5.32. The van der Waals surface area contributed by atoms with Crippen molar-refractivity contribution in [2.75, 3.05) is 31.6 Å². The van der Waals surface area contributed by atoms with Gasteiger partial charge in [0.05, 0.1) is 5.56 Å². The molecule has 3 N–H and O–H groups in total. The molecule has 7 nitrogen and oxygen atoms in total. The van der Waals surface area contributed by atoms with Crippen molar-refractivity contribution in [2.24, 2.45) is 5.11 Å². The first-order chi connectivity index (χ1) is 15.4. The zero-order chi connectivity index (χ0) is 23.1. The van der Waals surface area contributed by atoms with Gasteiger partial charge in [-0.2, -0.15) is 5.11 Å². The van der Waals surface area contributed by atoms with Crippen LogP contribution in [0.15, 0.2) is 58.6 Å². The molecule has 0 saturated heterocycles. The number of ether oxygens (including phenoxy) is 1. The number of aromatic nitrogens is 1. The highest BCUT2D eigenvalue weighted by molar-refractivity contribution is 5.83. The highest BCUT2D eigenvalue weighted by Crippen LogP contribution is 2.21. The number of H-pyrrole nitrogens is 1. The van der Waals surface area contributed by atoms with Gasteiger partial charge >= 0.3 is 0 Å². The lowest BCUT2D eigenvalue weighted by atomic mass is 10.1. The van der Waals surface area contributed by atoms with E-state index >= 15 is 0 Å². The summed E-state index contributed by atoms with van der Waals surface area (Å²) in [4.78, 5) is 17.5. The van der Waals surface area contributed by atoms with Crippen molar-refractivity contribution in [3.63, 3.8) is 0 Å².